The van der Waals surface area contributed by atoms with Gasteiger partial charge in [0.05, 0.1) is 6.61 Å². The van der Waals surface area contributed by atoms with Gasteiger partial charge in [0.25, 0.3) is 0 Å². The molecule has 0 aromatic rings. The van der Waals surface area contributed by atoms with Gasteiger partial charge >= 0.3 is 0 Å². The fourth-order valence-corrected chi connectivity index (χ4v) is 1.51. The molecule has 0 fully saturated rings. The summed E-state index contributed by atoms with van der Waals surface area (Å²) in [7, 11) is 3.91. The van der Waals surface area contributed by atoms with Gasteiger partial charge in [0, 0.05) is 26.2 Å². The molecule has 0 aromatic heterocycles. The highest BCUT2D eigenvalue weighted by Crippen LogP contribution is 2.03. The lowest BCUT2D eigenvalue weighted by atomic mass is 10.0. The van der Waals surface area contributed by atoms with E-state index in [-0.39, 0.29) is 0 Å². The molecule has 15 heavy (non-hydrogen) atoms. The number of ether oxygens (including phenoxy) is 1. The van der Waals surface area contributed by atoms with E-state index < -0.39 is 0 Å². The molecule has 0 radical (unpaired) electrons. The van der Waals surface area contributed by atoms with Gasteiger partial charge < -0.3 is 15.0 Å². The van der Waals surface area contributed by atoms with Gasteiger partial charge in [-0.3, -0.25) is 0 Å². The predicted octanol–water partition coefficient (Wildman–Crippen LogP) is 1.59. The van der Waals surface area contributed by atoms with E-state index in [1.54, 1.807) is 7.11 Å². The quantitative estimate of drug-likeness (QED) is 0.633. The monoisotopic (exact) mass is 216 g/mol. The lowest BCUT2D eigenvalue weighted by Crippen LogP contribution is -2.44. The van der Waals surface area contributed by atoms with Crippen LogP contribution in [0.4, 0.5) is 0 Å². The van der Waals surface area contributed by atoms with Crippen LogP contribution in [0, 0.1) is 5.92 Å². The molecular formula is C12H28N2O. The molecule has 0 rings (SSSR count). The van der Waals surface area contributed by atoms with E-state index in [0.29, 0.717) is 12.0 Å². The van der Waals surface area contributed by atoms with Crippen LogP contribution in [0.3, 0.4) is 0 Å². The molecular weight excluding hydrogens is 188 g/mol. The normalized spacial score (nSPS) is 13.8. The number of nitrogens with one attached hydrogen (secondary N) is 1. The third-order valence-corrected chi connectivity index (χ3v) is 2.65. The maximum absolute atomic E-state index is 5.07. The van der Waals surface area contributed by atoms with Gasteiger partial charge in [-0.15, -0.1) is 0 Å². The maximum atomic E-state index is 5.07. The number of likely N-dealkylation sites (N-methyl/N-ethyl adjacent to an activating group) is 1. The molecule has 3 heteroatoms. The second-order valence-electron chi connectivity index (χ2n) is 4.56. The fraction of sp³-hybridized carbons (Fsp3) is 1.00. The van der Waals surface area contributed by atoms with E-state index >= 15 is 0 Å². The summed E-state index contributed by atoms with van der Waals surface area (Å²) in [5, 5.41) is 3.59. The van der Waals surface area contributed by atoms with Crippen LogP contribution in [0.15, 0.2) is 0 Å². The third kappa shape index (κ3) is 7.77. The summed E-state index contributed by atoms with van der Waals surface area (Å²) in [6.07, 6.45) is 1.20. The first-order chi connectivity index (χ1) is 7.11. The van der Waals surface area contributed by atoms with E-state index in [1.165, 1.54) is 6.42 Å². The lowest BCUT2D eigenvalue weighted by molar-refractivity contribution is 0.150. The van der Waals surface area contributed by atoms with Crippen LogP contribution in [0.1, 0.15) is 27.2 Å². The Morgan fingerprint density at radius 3 is 2.47 bits per heavy atom. The Labute approximate surface area is 95.2 Å². The van der Waals surface area contributed by atoms with Crippen LogP contribution in [0.5, 0.6) is 0 Å². The largest absolute Gasteiger partial charge is 0.383 e. The summed E-state index contributed by atoms with van der Waals surface area (Å²) in [6, 6.07) is 0.590. The van der Waals surface area contributed by atoms with Crippen LogP contribution in [-0.2, 0) is 4.74 Å². The minimum atomic E-state index is 0.590. The summed E-state index contributed by atoms with van der Waals surface area (Å²) in [5.41, 5.74) is 0. The third-order valence-electron chi connectivity index (χ3n) is 2.65. The van der Waals surface area contributed by atoms with Crippen LogP contribution < -0.4 is 5.32 Å². The van der Waals surface area contributed by atoms with E-state index in [4.69, 9.17) is 4.74 Å². The minimum absolute atomic E-state index is 0.590. The SMILES string of the molecule is CCCNC(CN(C)CCOC)C(C)C. The van der Waals surface area contributed by atoms with Gasteiger partial charge in [0.2, 0.25) is 0 Å². The van der Waals surface area contributed by atoms with Crippen molar-refractivity contribution in [1.82, 2.24) is 10.2 Å². The molecule has 0 saturated carbocycles. The number of rotatable bonds is 9. The van der Waals surface area contributed by atoms with Crippen molar-refractivity contribution in [2.75, 3.05) is 40.4 Å². The summed E-state index contributed by atoms with van der Waals surface area (Å²) < 4.78 is 5.07. The molecule has 1 N–H and O–H groups in total. The van der Waals surface area contributed by atoms with E-state index in [9.17, 15) is 0 Å². The van der Waals surface area contributed by atoms with Gasteiger partial charge in [-0.2, -0.15) is 0 Å². The average Bonchev–Trinajstić information content (AvgIpc) is 2.20. The summed E-state index contributed by atoms with van der Waals surface area (Å²) in [5.74, 6) is 0.682. The van der Waals surface area contributed by atoms with E-state index in [1.807, 2.05) is 0 Å². The first-order valence-electron chi connectivity index (χ1n) is 6.02. The predicted molar refractivity (Wildman–Crippen MR) is 66.3 cm³/mol. The number of hydrogen-bond acceptors (Lipinski definition) is 3. The molecule has 3 nitrogen and oxygen atoms in total. The average molecular weight is 216 g/mol. The van der Waals surface area contributed by atoms with Gasteiger partial charge in [-0.25, -0.2) is 0 Å². The van der Waals surface area contributed by atoms with Crippen LogP contribution in [0.2, 0.25) is 0 Å². The lowest BCUT2D eigenvalue weighted by Gasteiger charge is -2.27. The first-order valence-corrected chi connectivity index (χ1v) is 6.02. The Hall–Kier alpha value is -0.120. The number of methoxy groups -OCH3 is 1. The van der Waals surface area contributed by atoms with Crippen LogP contribution >= 0.6 is 0 Å². The molecule has 0 bridgehead atoms. The van der Waals surface area contributed by atoms with Crippen LogP contribution in [0.25, 0.3) is 0 Å². The van der Waals surface area contributed by atoms with Crippen molar-refractivity contribution in [2.24, 2.45) is 5.92 Å². The van der Waals surface area contributed by atoms with Gasteiger partial charge in [0.15, 0.2) is 0 Å². The molecule has 0 heterocycles. The minimum Gasteiger partial charge on any atom is -0.383 e. The summed E-state index contributed by atoms with van der Waals surface area (Å²) in [4.78, 5) is 2.33. The van der Waals surface area contributed by atoms with Crippen molar-refractivity contribution in [3.05, 3.63) is 0 Å². The Bertz CT molecular complexity index is 140. The zero-order chi connectivity index (χ0) is 11.7. The summed E-state index contributed by atoms with van der Waals surface area (Å²) >= 11 is 0. The van der Waals surface area contributed by atoms with Gasteiger partial charge in [-0.05, 0) is 25.9 Å². The maximum Gasteiger partial charge on any atom is 0.0589 e. The Kier molecular flexibility index (Phi) is 9.06. The number of hydrogen-bond donors (Lipinski definition) is 1. The molecule has 92 valence electrons. The zero-order valence-corrected chi connectivity index (χ0v) is 11.0. The molecule has 0 aliphatic rings. The van der Waals surface area contributed by atoms with Crippen molar-refractivity contribution < 1.29 is 4.74 Å². The molecule has 0 aliphatic carbocycles. The highest BCUT2D eigenvalue weighted by atomic mass is 16.5. The Morgan fingerprint density at radius 2 is 2.00 bits per heavy atom. The van der Waals surface area contributed by atoms with E-state index in [0.717, 1.165) is 26.2 Å². The molecule has 1 atom stereocenters. The van der Waals surface area contributed by atoms with Gasteiger partial charge in [-0.1, -0.05) is 20.8 Å². The van der Waals surface area contributed by atoms with Crippen molar-refractivity contribution in [1.29, 1.82) is 0 Å². The molecule has 0 aliphatic heterocycles. The van der Waals surface area contributed by atoms with Crippen LogP contribution in [-0.4, -0.2) is 51.3 Å². The molecule has 1 unspecified atom stereocenters. The smallest absolute Gasteiger partial charge is 0.0589 e. The van der Waals surface area contributed by atoms with Crippen molar-refractivity contribution in [2.45, 2.75) is 33.2 Å². The second-order valence-corrected chi connectivity index (χ2v) is 4.56. The Morgan fingerprint density at radius 1 is 1.33 bits per heavy atom. The highest BCUT2D eigenvalue weighted by molar-refractivity contribution is 4.73. The van der Waals surface area contributed by atoms with Crippen molar-refractivity contribution in [3.8, 4) is 0 Å². The Balaban J connectivity index is 3.81. The van der Waals surface area contributed by atoms with Crippen molar-refractivity contribution >= 4 is 0 Å². The highest BCUT2D eigenvalue weighted by Gasteiger charge is 2.14. The molecule has 0 spiro atoms. The molecule has 0 aromatic carbocycles. The van der Waals surface area contributed by atoms with E-state index in [2.05, 4.69) is 38.0 Å². The number of nitrogens with zero attached hydrogens (tertiary/aromatic N) is 1. The molecule has 0 saturated heterocycles. The van der Waals surface area contributed by atoms with Gasteiger partial charge in [0.1, 0.15) is 0 Å². The summed E-state index contributed by atoms with van der Waals surface area (Å²) in [6.45, 7) is 10.8. The topological polar surface area (TPSA) is 24.5 Å². The molecule has 0 amide bonds. The fourth-order valence-electron chi connectivity index (χ4n) is 1.51. The second kappa shape index (κ2) is 9.13. The standard InChI is InChI=1S/C12H28N2O/c1-6-7-13-12(11(2)3)10-14(4)8-9-15-5/h11-13H,6-10H2,1-5H3. The first kappa shape index (κ1) is 14.9. The zero-order valence-electron chi connectivity index (χ0n) is 11.0. The van der Waals surface area contributed by atoms with Crippen molar-refractivity contribution in [3.63, 3.8) is 0 Å².